The highest BCUT2D eigenvalue weighted by Crippen LogP contribution is 2.78. The minimum Gasteiger partial charge on any atom is -0.508 e. The highest BCUT2D eigenvalue weighted by molar-refractivity contribution is 7.81. The number of benzene rings is 12. The summed E-state index contributed by atoms with van der Waals surface area (Å²) >= 11 is 33.2. The molecule has 1 unspecified atom stereocenters. The predicted molar refractivity (Wildman–Crippen MR) is 521 cm³/mol. The van der Waals surface area contributed by atoms with E-state index in [4.69, 9.17) is 114 Å². The van der Waals surface area contributed by atoms with Crippen molar-refractivity contribution >= 4 is 198 Å². The molecule has 1 atom stereocenters. The van der Waals surface area contributed by atoms with Crippen molar-refractivity contribution in [2.75, 3.05) is 31.9 Å². The number of anilines is 6. The summed E-state index contributed by atoms with van der Waals surface area (Å²) in [6, 6.07) is 78.2. The maximum absolute atomic E-state index is 9.86. The minimum absolute atomic E-state index is 0.0839. The van der Waals surface area contributed by atoms with Gasteiger partial charge >= 0.3 is 23.0 Å². The van der Waals surface area contributed by atoms with E-state index in [1.165, 1.54) is 110 Å². The van der Waals surface area contributed by atoms with E-state index in [0.29, 0.717) is 67.5 Å². The van der Waals surface area contributed by atoms with Gasteiger partial charge < -0.3 is 89.7 Å². The molecule has 126 heavy (non-hydrogen) atoms. The molecule has 0 radical (unpaired) electrons. The molecule has 12 aromatic carbocycles. The van der Waals surface area contributed by atoms with Crippen LogP contribution in [0.5, 0.6) is 69.0 Å². The molecular formula is C84H72N21O12P3S6. The number of phenolic OH excluding ortho intramolecular Hbond substituents is 6. The molecule has 0 amide bonds. The summed E-state index contributed by atoms with van der Waals surface area (Å²) in [6.07, 6.45) is 9.16. The fraction of sp³-hybridized carbons (Fsp3) is 0. The fourth-order valence-corrected chi connectivity index (χ4v) is 20.6. The van der Waals surface area contributed by atoms with Gasteiger partial charge in [-0.2, -0.15) is 30.6 Å². The average molecular weight is 1850 g/mol. The van der Waals surface area contributed by atoms with Gasteiger partial charge in [0.15, 0.2) is 30.7 Å². The van der Waals surface area contributed by atoms with Crippen LogP contribution >= 0.6 is 96.3 Å². The molecule has 18 N–H and O–H groups in total. The first kappa shape index (κ1) is 88.9. The Morgan fingerprint density at radius 2 is 0.333 bits per heavy atom. The highest BCUT2D eigenvalue weighted by Gasteiger charge is 2.49. The Kier molecular flexibility index (Phi) is 30.5. The molecule has 0 spiro atoms. The lowest BCUT2D eigenvalue weighted by Gasteiger charge is -2.33. The maximum Gasteiger partial charge on any atom is 0.460 e. The number of nitrogens with zero attached hydrogens (tertiary/aromatic N) is 9. The fourth-order valence-electron chi connectivity index (χ4n) is 10.5. The van der Waals surface area contributed by atoms with Crippen LogP contribution in [0.4, 0.5) is 34.1 Å². The molecule has 0 saturated carbocycles. The normalized spacial score (nSPS) is 13.6. The minimum atomic E-state index is -4.70. The standard InChI is InChI=1S/C84H72N21O12P3S6/c106-67-25-13-61(14-26-67)91-79(121)97-85-49-55-1-37-73(38-2-55)112-118(113-74-39-3-56(4-40-74)50-86-98-80(122)92-62-15-27-68(107)28-16-62)103-119(114-75-41-5-57(6-42-75)51-87-99-81(123)93-63-17-29-69(108)30-18-63,115-76-43-7-58(8-44-76)52-88-100-82(124)94-64-19-31-70(109)32-20-64)105-120(104-118,116-77-45-9-59(10-46-77)53-89-101-83(125)95-65-21-33-71(110)34-22-65)117-78-47-11-60(12-48-78)54-90-102-84(126)96-66-23-35-72(111)36-24-66/h1-54,106-111H,(H2,91,97,121)(H2,92,98,122)(H2,93,99,123)(H2,94,100,124)(H2,95,101,125)(H2,96,102,126)/b85-49-,86-50-,87-51-,88-52+,89-53+,90-54+. The van der Waals surface area contributed by atoms with E-state index in [2.05, 4.69) is 95.1 Å². The molecule has 1 aliphatic heterocycles. The highest BCUT2D eigenvalue weighted by atomic mass is 32.1. The molecule has 1 heterocycles. The summed E-state index contributed by atoms with van der Waals surface area (Å²) in [5.74, 6) is 1.28. The van der Waals surface area contributed by atoms with Crippen LogP contribution in [0.25, 0.3) is 0 Å². The summed E-state index contributed by atoms with van der Waals surface area (Å²) in [4.78, 5) is 0. The number of thiocarbonyl (C=S) groups is 6. The van der Waals surface area contributed by atoms with Gasteiger partial charge in [-0.1, -0.05) is 13.5 Å². The summed E-state index contributed by atoms with van der Waals surface area (Å²) in [5, 5.41) is 105. The summed E-state index contributed by atoms with van der Waals surface area (Å²) in [5.41, 5.74) is 23.9. The van der Waals surface area contributed by atoms with Gasteiger partial charge in [0.25, 0.3) is 0 Å². The number of aromatic hydroxyl groups is 6. The Morgan fingerprint density at radius 3 is 0.460 bits per heavy atom. The lowest BCUT2D eigenvalue weighted by atomic mass is 10.2. The molecule has 42 heteroatoms. The molecule has 12 aromatic rings. The lowest BCUT2D eigenvalue weighted by molar-refractivity contribution is 0.442. The zero-order valence-corrected chi connectivity index (χ0v) is 72.7. The van der Waals surface area contributed by atoms with Crippen LogP contribution < -0.4 is 91.6 Å². The van der Waals surface area contributed by atoms with Crippen molar-refractivity contribution in [1.82, 2.24) is 32.6 Å². The van der Waals surface area contributed by atoms with Crippen LogP contribution in [-0.2, 0) is 0 Å². The molecule has 33 nitrogen and oxygen atoms in total. The van der Waals surface area contributed by atoms with Gasteiger partial charge in [-0.25, -0.2) is 0 Å². The third-order valence-electron chi connectivity index (χ3n) is 16.3. The van der Waals surface area contributed by atoms with Gasteiger partial charge in [-0.05, 0) is 398 Å². The Labute approximate surface area is 752 Å². The smallest absolute Gasteiger partial charge is 0.460 e. The third kappa shape index (κ3) is 28.1. The molecule has 0 aliphatic carbocycles. The van der Waals surface area contributed by atoms with E-state index in [9.17, 15) is 30.6 Å². The van der Waals surface area contributed by atoms with Crippen LogP contribution in [0.3, 0.4) is 0 Å². The molecule has 13 rings (SSSR count). The molecule has 1 aliphatic rings. The number of rotatable bonds is 30. The summed E-state index contributed by atoms with van der Waals surface area (Å²) in [6.45, 7) is 0. The quantitative estimate of drug-likeness (QED) is 0.00653. The molecule has 0 aromatic heterocycles. The largest absolute Gasteiger partial charge is 0.508 e. The Morgan fingerprint density at radius 1 is 0.206 bits per heavy atom. The van der Waals surface area contributed by atoms with E-state index >= 15 is 0 Å². The van der Waals surface area contributed by atoms with E-state index < -0.39 is 23.0 Å². The molecule has 0 saturated heterocycles. The average Bonchev–Trinajstić information content (AvgIpc) is 0.728. The topological polar surface area (TPSA) is 432 Å². The molecule has 636 valence electrons. The van der Waals surface area contributed by atoms with E-state index in [1.807, 2.05) is 0 Å². The number of hydrazone groups is 6. The van der Waals surface area contributed by atoms with E-state index in [-0.39, 0.29) is 99.7 Å². The molecular weight excluding hydrogens is 1780 g/mol. The monoisotopic (exact) mass is 1850 g/mol. The van der Waals surface area contributed by atoms with E-state index in [0.717, 1.165) is 0 Å². The van der Waals surface area contributed by atoms with Crippen molar-refractivity contribution in [3.05, 3.63) is 325 Å². The number of hydrogen-bond acceptors (Lipinski definition) is 27. The van der Waals surface area contributed by atoms with Gasteiger partial charge in [0, 0.05) is 34.1 Å². The van der Waals surface area contributed by atoms with Crippen molar-refractivity contribution in [3.8, 4) is 69.0 Å². The van der Waals surface area contributed by atoms with Gasteiger partial charge in [0.2, 0.25) is 0 Å². The number of hydrogen-bond donors (Lipinski definition) is 18. The summed E-state index contributed by atoms with van der Waals surface area (Å²) in [7, 11) is -14.1. The van der Waals surface area contributed by atoms with Crippen molar-refractivity contribution in [2.45, 2.75) is 0 Å². The molecule has 0 bridgehead atoms. The third-order valence-corrected chi connectivity index (χ3v) is 25.6. The van der Waals surface area contributed by atoms with Gasteiger partial charge in [-0.3, -0.25) is 32.6 Å². The second-order valence-electron chi connectivity index (χ2n) is 25.9. The zero-order valence-electron chi connectivity index (χ0n) is 65.1. The van der Waals surface area contributed by atoms with Crippen LogP contribution in [-0.4, -0.2) is 98.6 Å². The first-order valence-corrected chi connectivity index (χ1v) is 44.1. The van der Waals surface area contributed by atoms with Crippen LogP contribution in [0, 0.1) is 0 Å². The van der Waals surface area contributed by atoms with Crippen LogP contribution in [0.1, 0.15) is 33.4 Å². The van der Waals surface area contributed by atoms with E-state index in [1.54, 1.807) is 218 Å². The Bertz CT molecular complexity index is 5260. The summed E-state index contributed by atoms with van der Waals surface area (Å²) < 4.78 is 60.3. The SMILES string of the molecule is Oc1ccc(NC(=S)N/N=C\c2ccc(OP3(Oc4ccc(/C=N\NC(=S)Nc5ccc(O)cc5)cc4)=NP(Oc4ccc(/C=N\NC(=S)Nc5ccc(O)cc5)cc4)(Oc4ccc(/C=N/NC(=S)Nc5ccc(O)cc5)cc4)=NP(Oc4ccc(/C=N/NC(=S)Nc5ccc(O)cc5)cc4)(Oc4ccc(/C=N/NC(=S)Nc5ccc(O)cc5)cc4)=N3)cc2)cc1. The first-order valence-electron chi connectivity index (χ1n) is 37.1. The second kappa shape index (κ2) is 43.2. The van der Waals surface area contributed by atoms with Crippen molar-refractivity contribution in [1.29, 1.82) is 0 Å². The zero-order chi connectivity index (χ0) is 88.1. The van der Waals surface area contributed by atoms with Crippen molar-refractivity contribution in [2.24, 2.45) is 44.2 Å². The Hall–Kier alpha value is -14.9. The molecule has 0 fully saturated rings. The van der Waals surface area contributed by atoms with Gasteiger partial charge in [0.05, 0.1) is 37.3 Å². The van der Waals surface area contributed by atoms with Crippen molar-refractivity contribution < 1.29 is 57.8 Å². The van der Waals surface area contributed by atoms with Crippen LogP contribution in [0.2, 0.25) is 0 Å². The predicted octanol–water partition coefficient (Wildman–Crippen LogP) is 18.5. The van der Waals surface area contributed by atoms with Crippen LogP contribution in [0.15, 0.2) is 335 Å². The second-order valence-corrected chi connectivity index (χ2v) is 34.6. The first-order chi connectivity index (χ1) is 61.0. The Balaban J connectivity index is 0.940. The van der Waals surface area contributed by atoms with Crippen molar-refractivity contribution in [3.63, 3.8) is 0 Å². The van der Waals surface area contributed by atoms with Gasteiger partial charge in [0.1, 0.15) is 69.0 Å². The number of phenols is 6. The maximum atomic E-state index is 9.86. The lowest BCUT2D eigenvalue weighted by Crippen LogP contribution is -2.23. The van der Waals surface area contributed by atoms with Gasteiger partial charge in [-0.15, -0.1) is 0 Å². The number of nitrogens with one attached hydrogen (secondary N) is 12.